The Balaban J connectivity index is 4.35. The van der Waals surface area contributed by atoms with Crippen molar-refractivity contribution in [2.24, 2.45) is 5.92 Å². The van der Waals surface area contributed by atoms with E-state index >= 15 is 0 Å². The molecule has 2 N–H and O–H groups in total. The molecule has 84 valence electrons. The summed E-state index contributed by atoms with van der Waals surface area (Å²) in [6.45, 7) is 1.40. The Kier molecular flexibility index (Phi) is 6.06. The molecule has 0 bridgehead atoms. The van der Waals surface area contributed by atoms with Gasteiger partial charge in [0.1, 0.15) is 12.6 Å². The van der Waals surface area contributed by atoms with Crippen LogP contribution in [-0.2, 0) is 14.3 Å². The molecule has 0 heterocycles. The summed E-state index contributed by atoms with van der Waals surface area (Å²) in [5.41, 5.74) is 0. The maximum Gasteiger partial charge on any atom is 0.326 e. The highest BCUT2D eigenvalue weighted by atomic mass is 16.5. The van der Waals surface area contributed by atoms with E-state index in [1.54, 1.807) is 6.92 Å². The Morgan fingerprint density at radius 1 is 1.60 bits per heavy atom. The number of hydrogen-bond donors (Lipinski definition) is 2. The number of nitrogens with one attached hydrogen (secondary N) is 1. The van der Waals surface area contributed by atoms with Crippen LogP contribution >= 0.6 is 0 Å². The van der Waals surface area contributed by atoms with Crippen LogP contribution < -0.4 is 5.32 Å². The van der Waals surface area contributed by atoms with Crippen LogP contribution in [0.4, 0.5) is 0 Å². The molecule has 0 saturated carbocycles. The first-order valence-electron chi connectivity index (χ1n) is 4.41. The third kappa shape index (κ3) is 4.98. The lowest BCUT2D eigenvalue weighted by Crippen LogP contribution is -2.46. The summed E-state index contributed by atoms with van der Waals surface area (Å²) in [5, 5.41) is 19.5. The smallest absolute Gasteiger partial charge is 0.326 e. The maximum absolute atomic E-state index is 11.1. The number of carbonyl (C=O) groups excluding carboxylic acids is 1. The molecule has 15 heavy (non-hydrogen) atoms. The summed E-state index contributed by atoms with van der Waals surface area (Å²) in [7, 11) is 1.34. The lowest BCUT2D eigenvalue weighted by molar-refractivity contribution is -0.143. The number of carboxylic acids is 1. The van der Waals surface area contributed by atoms with Crippen molar-refractivity contribution >= 4 is 11.9 Å². The number of aliphatic carboxylic acids is 1. The largest absolute Gasteiger partial charge is 0.480 e. The molecule has 0 spiro atoms. The molecule has 6 nitrogen and oxygen atoms in total. The van der Waals surface area contributed by atoms with Crippen LogP contribution in [0.1, 0.15) is 13.3 Å². The van der Waals surface area contributed by atoms with E-state index in [1.165, 1.54) is 7.11 Å². The second kappa shape index (κ2) is 6.79. The number of rotatable bonds is 6. The summed E-state index contributed by atoms with van der Waals surface area (Å²) in [6, 6.07) is 0.813. The number of carboxylic acid groups (broad SMARTS) is 1. The van der Waals surface area contributed by atoms with Gasteiger partial charge in [0.05, 0.1) is 6.07 Å². The summed E-state index contributed by atoms with van der Waals surface area (Å²) in [6.07, 6.45) is 0.0736. The van der Waals surface area contributed by atoms with Gasteiger partial charge in [-0.3, -0.25) is 4.79 Å². The van der Waals surface area contributed by atoms with E-state index in [1.807, 2.05) is 6.07 Å². The van der Waals surface area contributed by atoms with Crippen molar-refractivity contribution in [1.29, 1.82) is 5.26 Å². The van der Waals surface area contributed by atoms with Crippen molar-refractivity contribution in [3.63, 3.8) is 0 Å². The van der Waals surface area contributed by atoms with Gasteiger partial charge < -0.3 is 15.2 Å². The molecule has 0 saturated heterocycles. The van der Waals surface area contributed by atoms with Crippen LogP contribution in [0.5, 0.6) is 0 Å². The topological polar surface area (TPSA) is 99.4 Å². The van der Waals surface area contributed by atoms with E-state index in [0.29, 0.717) is 0 Å². The molecule has 0 fully saturated rings. The fourth-order valence-electron chi connectivity index (χ4n) is 1.06. The van der Waals surface area contributed by atoms with Gasteiger partial charge in [0.2, 0.25) is 5.91 Å². The molecule has 6 heteroatoms. The Morgan fingerprint density at radius 2 is 2.20 bits per heavy atom. The van der Waals surface area contributed by atoms with E-state index < -0.39 is 23.8 Å². The van der Waals surface area contributed by atoms with Gasteiger partial charge in [-0.1, -0.05) is 6.92 Å². The number of methoxy groups -OCH3 is 1. The zero-order chi connectivity index (χ0) is 11.8. The normalized spacial score (nSPS) is 13.7. The van der Waals surface area contributed by atoms with E-state index in [-0.39, 0.29) is 13.0 Å². The molecule has 0 aromatic rings. The molecule has 1 amide bonds. The second-order valence-electron chi connectivity index (χ2n) is 3.16. The number of carbonyl (C=O) groups is 2. The zero-order valence-electron chi connectivity index (χ0n) is 8.69. The van der Waals surface area contributed by atoms with E-state index in [0.717, 1.165) is 0 Å². The van der Waals surface area contributed by atoms with Gasteiger partial charge in [0, 0.05) is 19.4 Å². The van der Waals surface area contributed by atoms with Crippen molar-refractivity contribution in [3.8, 4) is 6.07 Å². The summed E-state index contributed by atoms with van der Waals surface area (Å²) >= 11 is 0. The van der Waals surface area contributed by atoms with Gasteiger partial charge in [-0.15, -0.1) is 0 Å². The molecule has 2 atom stereocenters. The minimum Gasteiger partial charge on any atom is -0.480 e. The first-order chi connectivity index (χ1) is 7.02. The monoisotopic (exact) mass is 214 g/mol. The average molecular weight is 214 g/mol. The van der Waals surface area contributed by atoms with Gasteiger partial charge >= 0.3 is 5.97 Å². The van der Waals surface area contributed by atoms with Gasteiger partial charge in [0.25, 0.3) is 0 Å². The first-order valence-corrected chi connectivity index (χ1v) is 4.41. The Labute approximate surface area is 87.8 Å². The third-order valence-corrected chi connectivity index (χ3v) is 1.84. The quantitative estimate of drug-likeness (QED) is 0.635. The van der Waals surface area contributed by atoms with Crippen LogP contribution in [0.15, 0.2) is 0 Å². The fraction of sp³-hybridized carbons (Fsp3) is 0.667. The number of hydrogen-bond acceptors (Lipinski definition) is 4. The van der Waals surface area contributed by atoms with Crippen LogP contribution in [-0.4, -0.2) is 36.7 Å². The standard InChI is InChI=1S/C9H14N2O4/c1-6(3-4-10)8(9(13)14)11-7(12)5-15-2/h6,8H,3,5H2,1-2H3,(H,11,12)(H,13,14)/t6-,8+/m1/s1. The first kappa shape index (κ1) is 13.4. The van der Waals surface area contributed by atoms with Crippen LogP contribution in [0.25, 0.3) is 0 Å². The van der Waals surface area contributed by atoms with E-state index in [4.69, 9.17) is 10.4 Å². The van der Waals surface area contributed by atoms with Gasteiger partial charge in [-0.25, -0.2) is 4.79 Å². The molecule has 0 radical (unpaired) electrons. The van der Waals surface area contributed by atoms with Crippen molar-refractivity contribution in [2.75, 3.05) is 13.7 Å². The highest BCUT2D eigenvalue weighted by molar-refractivity contribution is 5.84. The number of nitriles is 1. The third-order valence-electron chi connectivity index (χ3n) is 1.84. The highest BCUT2D eigenvalue weighted by Gasteiger charge is 2.25. The van der Waals surface area contributed by atoms with Crippen molar-refractivity contribution in [1.82, 2.24) is 5.32 Å². The molecule has 0 aliphatic rings. The average Bonchev–Trinajstić information content (AvgIpc) is 2.14. The lowest BCUT2D eigenvalue weighted by Gasteiger charge is -2.18. The van der Waals surface area contributed by atoms with Crippen molar-refractivity contribution in [3.05, 3.63) is 0 Å². The zero-order valence-corrected chi connectivity index (χ0v) is 8.69. The molecule has 0 aromatic carbocycles. The van der Waals surface area contributed by atoms with Crippen molar-refractivity contribution < 1.29 is 19.4 Å². The fourth-order valence-corrected chi connectivity index (χ4v) is 1.06. The predicted octanol–water partition coefficient (Wildman–Crippen LogP) is -0.248. The number of nitrogens with zero attached hydrogens (tertiary/aromatic N) is 1. The van der Waals surface area contributed by atoms with Crippen molar-refractivity contribution in [2.45, 2.75) is 19.4 Å². The minimum atomic E-state index is -1.15. The van der Waals surface area contributed by atoms with Gasteiger partial charge in [0.15, 0.2) is 0 Å². The second-order valence-corrected chi connectivity index (χ2v) is 3.16. The summed E-state index contributed by atoms with van der Waals surface area (Å²) in [5.74, 6) is -2.09. The van der Waals surface area contributed by atoms with E-state index in [9.17, 15) is 9.59 Å². The van der Waals surface area contributed by atoms with Crippen LogP contribution in [0.3, 0.4) is 0 Å². The lowest BCUT2D eigenvalue weighted by atomic mass is 9.99. The Bertz CT molecular complexity index is 272. The Hall–Kier alpha value is -1.61. The maximum atomic E-state index is 11.1. The summed E-state index contributed by atoms with van der Waals surface area (Å²) < 4.78 is 4.55. The number of amides is 1. The molecular formula is C9H14N2O4. The minimum absolute atomic E-state index is 0.0736. The van der Waals surface area contributed by atoms with Crippen LogP contribution in [0, 0.1) is 17.2 Å². The Morgan fingerprint density at radius 3 is 2.60 bits per heavy atom. The number of ether oxygens (including phenoxy) is 1. The molecule has 0 aliphatic carbocycles. The molecule has 0 unspecified atom stereocenters. The SMILES string of the molecule is COCC(=O)N[C@H](C(=O)O)[C@H](C)CC#N. The van der Waals surface area contributed by atoms with E-state index in [2.05, 4.69) is 10.1 Å². The summed E-state index contributed by atoms with van der Waals surface area (Å²) in [4.78, 5) is 21.9. The highest BCUT2D eigenvalue weighted by Crippen LogP contribution is 2.07. The van der Waals surface area contributed by atoms with Gasteiger partial charge in [-0.05, 0) is 0 Å². The predicted molar refractivity (Wildman–Crippen MR) is 50.8 cm³/mol. The molecule has 0 rings (SSSR count). The molecular weight excluding hydrogens is 200 g/mol. The molecule has 0 aliphatic heterocycles. The van der Waals surface area contributed by atoms with Gasteiger partial charge in [-0.2, -0.15) is 5.26 Å². The molecule has 0 aromatic heterocycles. The van der Waals surface area contributed by atoms with Crippen LogP contribution in [0.2, 0.25) is 0 Å².